The normalized spacial score (nSPS) is 11.5. The van der Waals surface area contributed by atoms with E-state index in [4.69, 9.17) is 0 Å². The van der Waals surface area contributed by atoms with E-state index in [1.807, 2.05) is 48.5 Å². The highest BCUT2D eigenvalue weighted by Crippen LogP contribution is 2.32. The topological polar surface area (TPSA) is 75.3 Å². The zero-order valence-electron chi connectivity index (χ0n) is 20.0. The number of alkyl halides is 3. The maximum absolute atomic E-state index is 12.8. The average molecular weight is 525 g/mol. The van der Waals surface area contributed by atoms with Gasteiger partial charge in [-0.15, -0.1) is 0 Å². The second-order valence-corrected chi connectivity index (χ2v) is 9.98. The van der Waals surface area contributed by atoms with E-state index >= 15 is 0 Å². The van der Waals surface area contributed by atoms with Gasteiger partial charge in [0.25, 0.3) is 10.9 Å². The molecule has 5 aromatic carbocycles. The number of rotatable bonds is 5. The van der Waals surface area contributed by atoms with Crippen molar-refractivity contribution in [2.45, 2.75) is 12.7 Å². The Morgan fingerprint density at radius 2 is 1.24 bits per heavy atom. The Morgan fingerprint density at radius 3 is 1.76 bits per heavy atom. The van der Waals surface area contributed by atoms with Crippen LogP contribution in [0.25, 0.3) is 21.5 Å². The van der Waals surface area contributed by atoms with Crippen LogP contribution >= 0.6 is 0 Å². The van der Waals surface area contributed by atoms with Gasteiger partial charge in [-0.1, -0.05) is 48.5 Å². The predicted molar refractivity (Wildman–Crippen MR) is 145 cm³/mol. The lowest BCUT2D eigenvalue weighted by atomic mass is 9.96. The number of nitrogens with one attached hydrogen (secondary N) is 2. The number of anilines is 3. The molecule has 5 aromatic rings. The molecule has 0 fully saturated rings. The monoisotopic (exact) mass is 524 g/mol. The van der Waals surface area contributed by atoms with Gasteiger partial charge in [-0.05, 0) is 57.4 Å². The molecule has 0 bridgehead atoms. The minimum atomic E-state index is -4.45. The van der Waals surface area contributed by atoms with E-state index in [9.17, 15) is 27.0 Å². The summed E-state index contributed by atoms with van der Waals surface area (Å²) in [6, 6.07) is 22.2. The summed E-state index contributed by atoms with van der Waals surface area (Å²) in [7, 11) is -0.611. The molecule has 190 valence electrons. The summed E-state index contributed by atoms with van der Waals surface area (Å²) in [5.41, 5.74) is -0.722. The van der Waals surface area contributed by atoms with E-state index < -0.39 is 33.4 Å². The molecule has 37 heavy (non-hydrogen) atoms. The van der Waals surface area contributed by atoms with Crippen LogP contribution < -0.4 is 21.5 Å². The fourth-order valence-electron chi connectivity index (χ4n) is 4.04. The first-order valence-corrected chi connectivity index (χ1v) is 13.2. The van der Waals surface area contributed by atoms with Crippen molar-refractivity contribution < 1.29 is 17.4 Å². The van der Waals surface area contributed by atoms with Gasteiger partial charge < -0.3 is 10.6 Å². The molecule has 5 nitrogen and oxygen atoms in total. The first-order valence-electron chi connectivity index (χ1n) is 11.2. The molecular formula is C28H23F3N2O3S. The van der Waals surface area contributed by atoms with E-state index in [2.05, 4.69) is 16.7 Å². The molecule has 0 radical (unpaired) electrons. The summed E-state index contributed by atoms with van der Waals surface area (Å²) in [4.78, 5) is 24.4. The summed E-state index contributed by atoms with van der Waals surface area (Å²) >= 11 is 0. The van der Waals surface area contributed by atoms with Crippen molar-refractivity contribution in [2.24, 2.45) is 0 Å². The van der Waals surface area contributed by atoms with E-state index in [-0.39, 0.29) is 17.1 Å². The molecular weight excluding hydrogens is 501 g/mol. The Kier molecular flexibility index (Phi) is 7.45. The predicted octanol–water partition coefficient (Wildman–Crippen LogP) is 5.96. The van der Waals surface area contributed by atoms with Crippen molar-refractivity contribution >= 4 is 49.4 Å². The lowest BCUT2D eigenvalue weighted by Gasteiger charge is -2.17. The third-order valence-corrected chi connectivity index (χ3v) is 5.72. The van der Waals surface area contributed by atoms with Crippen molar-refractivity contribution in [3.63, 3.8) is 0 Å². The molecule has 0 spiro atoms. The molecule has 0 aliphatic heterocycles. The van der Waals surface area contributed by atoms with Crippen LogP contribution in [0.1, 0.15) is 11.1 Å². The summed E-state index contributed by atoms with van der Waals surface area (Å²) < 4.78 is 47.9. The molecule has 0 unspecified atom stereocenters. The summed E-state index contributed by atoms with van der Waals surface area (Å²) in [5.74, 6) is 0. The number of fused-ring (bicyclic) bond motifs is 2. The van der Waals surface area contributed by atoms with Gasteiger partial charge in [0.2, 0.25) is 0 Å². The fraction of sp³-hybridized carbons (Fsp3) is 0.143. The Morgan fingerprint density at radius 1 is 0.757 bits per heavy atom. The fourth-order valence-corrected chi connectivity index (χ4v) is 4.04. The Labute approximate surface area is 213 Å². The van der Waals surface area contributed by atoms with Gasteiger partial charge in [0, 0.05) is 35.5 Å². The molecule has 9 heteroatoms. The zero-order chi connectivity index (χ0) is 26.7. The molecule has 0 aliphatic carbocycles. The number of halogens is 3. The van der Waals surface area contributed by atoms with Gasteiger partial charge in [0.05, 0.1) is 5.56 Å². The Hall–Kier alpha value is -3.98. The smallest absolute Gasteiger partial charge is 0.376 e. The van der Waals surface area contributed by atoms with Crippen molar-refractivity contribution in [3.05, 3.63) is 110 Å². The minimum Gasteiger partial charge on any atom is -0.376 e. The van der Waals surface area contributed by atoms with Crippen LogP contribution in [0.15, 0.2) is 88.5 Å². The third-order valence-electron chi connectivity index (χ3n) is 5.72. The first kappa shape index (κ1) is 26.1. The lowest BCUT2D eigenvalue weighted by Crippen LogP contribution is -2.36. The van der Waals surface area contributed by atoms with Gasteiger partial charge in [0.1, 0.15) is 11.4 Å². The highest BCUT2D eigenvalue weighted by molar-refractivity contribution is 7.83. The molecule has 5 rings (SSSR count). The van der Waals surface area contributed by atoms with Crippen molar-refractivity contribution in [1.82, 2.24) is 0 Å². The van der Waals surface area contributed by atoms with Crippen molar-refractivity contribution in [1.29, 1.82) is 0 Å². The van der Waals surface area contributed by atoms with Crippen LogP contribution in [0.4, 0.5) is 30.2 Å². The molecule has 2 N–H and O–H groups in total. The summed E-state index contributed by atoms with van der Waals surface area (Å²) in [6.07, 6.45) is -1.17. The van der Waals surface area contributed by atoms with Gasteiger partial charge in [0.15, 0.2) is 0 Å². The molecule has 0 aromatic heterocycles. The van der Waals surface area contributed by atoms with Gasteiger partial charge in [-0.25, -0.2) is 0 Å². The number of hydrogen-bond acceptors (Lipinski definition) is 5. The highest BCUT2D eigenvalue weighted by atomic mass is 32.2. The molecule has 0 saturated heterocycles. The van der Waals surface area contributed by atoms with Gasteiger partial charge in [-0.3, -0.25) is 13.8 Å². The first-order chi connectivity index (χ1) is 17.6. The SMILES string of the molecule is CS(C)=O.O=c1c(NCc2c3ccccc3cc3ccccc23)c(Nc2ccc(C(F)(F)F)cc2)c1=O. The summed E-state index contributed by atoms with van der Waals surface area (Å²) in [6.45, 7) is 0.300. The van der Waals surface area contributed by atoms with E-state index in [0.29, 0.717) is 6.54 Å². The molecule has 0 saturated carbocycles. The van der Waals surface area contributed by atoms with Crippen LogP contribution in [0.2, 0.25) is 0 Å². The van der Waals surface area contributed by atoms with Crippen molar-refractivity contribution in [2.75, 3.05) is 23.1 Å². The van der Waals surface area contributed by atoms with Crippen LogP contribution in [0, 0.1) is 0 Å². The van der Waals surface area contributed by atoms with E-state index in [1.165, 1.54) is 12.1 Å². The standard InChI is InChI=1S/C26H17F3N2O2.C2H6OS/c27-26(28,29)17-9-11-18(12-10-17)31-23-22(24(32)25(23)33)30-14-21-19-7-3-1-5-15(19)13-16-6-2-4-8-20(16)21;1-4(2)3/h1-13,30-31H,14H2;1-2H3. The third kappa shape index (κ3) is 5.72. The van der Waals surface area contributed by atoms with Crippen molar-refractivity contribution in [3.8, 4) is 0 Å². The minimum absolute atomic E-state index is 0.0456. The molecule has 0 atom stereocenters. The van der Waals surface area contributed by atoms with Gasteiger partial charge in [-0.2, -0.15) is 13.2 Å². The second-order valence-electron chi connectivity index (χ2n) is 8.50. The maximum Gasteiger partial charge on any atom is 0.416 e. The molecule has 0 heterocycles. The second kappa shape index (κ2) is 10.6. The van der Waals surface area contributed by atoms with Crippen LogP contribution in [0.3, 0.4) is 0 Å². The number of hydrogen-bond donors (Lipinski definition) is 2. The average Bonchev–Trinajstić information content (AvgIpc) is 2.86. The highest BCUT2D eigenvalue weighted by Gasteiger charge is 2.30. The van der Waals surface area contributed by atoms with Gasteiger partial charge >= 0.3 is 6.18 Å². The Bertz CT molecular complexity index is 1610. The zero-order valence-corrected chi connectivity index (χ0v) is 20.8. The largest absolute Gasteiger partial charge is 0.416 e. The summed E-state index contributed by atoms with van der Waals surface area (Å²) in [5, 5.41) is 10.0. The van der Waals surface area contributed by atoms with E-state index in [1.54, 1.807) is 12.5 Å². The lowest BCUT2D eigenvalue weighted by molar-refractivity contribution is -0.137. The number of benzene rings is 4. The van der Waals surface area contributed by atoms with Crippen LogP contribution in [-0.2, 0) is 23.5 Å². The van der Waals surface area contributed by atoms with E-state index in [0.717, 1.165) is 39.2 Å². The quantitative estimate of drug-likeness (QED) is 0.219. The van der Waals surface area contributed by atoms with Crippen LogP contribution in [-0.4, -0.2) is 16.7 Å². The van der Waals surface area contributed by atoms with Crippen LogP contribution in [0.5, 0.6) is 0 Å². The Balaban J connectivity index is 0.000000747. The molecule has 0 aliphatic rings. The maximum atomic E-state index is 12.8. The molecule has 0 amide bonds.